The van der Waals surface area contributed by atoms with Gasteiger partial charge in [0, 0.05) is 26.2 Å². The molecule has 1 heterocycles. The van der Waals surface area contributed by atoms with E-state index in [9.17, 15) is 14.4 Å². The van der Waals surface area contributed by atoms with Crippen molar-refractivity contribution in [1.29, 1.82) is 0 Å². The molecular formula is C20H37N5O4. The molecule has 0 atom stereocenters. The van der Waals surface area contributed by atoms with Gasteiger partial charge in [-0.05, 0) is 32.1 Å². The van der Waals surface area contributed by atoms with E-state index < -0.39 is 11.2 Å². The van der Waals surface area contributed by atoms with Crippen molar-refractivity contribution in [3.05, 3.63) is 20.8 Å². The summed E-state index contributed by atoms with van der Waals surface area (Å²) in [6, 6.07) is 0. The number of hydrogen-bond acceptors (Lipinski definition) is 6. The molecule has 4 N–H and O–H groups in total. The first-order valence-corrected chi connectivity index (χ1v) is 10.3. The highest BCUT2D eigenvalue weighted by Crippen LogP contribution is 2.18. The van der Waals surface area contributed by atoms with Crippen LogP contribution in [0.1, 0.15) is 48.0 Å². The number of nitrogen functional groups attached to an aromatic ring is 1. The molecule has 1 aromatic heterocycles. The monoisotopic (exact) mass is 411 g/mol. The highest BCUT2D eigenvalue weighted by molar-refractivity contribution is 5.82. The Hall–Kier alpha value is -2.29. The molecule has 0 radical (unpaired) electrons. The molecular weight excluding hydrogens is 374 g/mol. The molecule has 0 saturated carbocycles. The van der Waals surface area contributed by atoms with Gasteiger partial charge in [-0.2, -0.15) is 0 Å². The lowest BCUT2D eigenvalue weighted by Gasteiger charge is -2.27. The number of nitrogens with one attached hydrogen (secondary N) is 2. The van der Waals surface area contributed by atoms with E-state index in [4.69, 9.17) is 10.5 Å². The molecule has 0 saturated heterocycles. The molecule has 9 heteroatoms. The van der Waals surface area contributed by atoms with Crippen LogP contribution in [0, 0.1) is 11.8 Å². The van der Waals surface area contributed by atoms with E-state index in [-0.39, 0.29) is 41.9 Å². The van der Waals surface area contributed by atoms with E-state index in [1.807, 2.05) is 41.5 Å². The maximum absolute atomic E-state index is 12.5. The van der Waals surface area contributed by atoms with E-state index >= 15 is 0 Å². The Morgan fingerprint density at radius 1 is 1.17 bits per heavy atom. The number of nitrogens with two attached hydrogens (primary N) is 1. The Bertz CT molecular complexity index is 767. The number of H-pyrrole nitrogens is 1. The Morgan fingerprint density at radius 3 is 2.38 bits per heavy atom. The third-order valence-electron chi connectivity index (χ3n) is 4.09. The van der Waals surface area contributed by atoms with E-state index in [2.05, 4.69) is 10.3 Å². The van der Waals surface area contributed by atoms with Gasteiger partial charge >= 0.3 is 5.69 Å². The van der Waals surface area contributed by atoms with E-state index in [1.54, 1.807) is 4.90 Å². The standard InChI is InChI=1S/C20H37N5O4/c1-13(2)10-24(12-16(26)22-8-7-9-29-15(5)6)17-18(21)25(11-14(3)4)20(28)23-19(17)27/h13-15H,7-12,21H2,1-6H3,(H,22,26)(H,23,27,28). The molecule has 0 fully saturated rings. The quantitative estimate of drug-likeness (QED) is 0.444. The first-order valence-electron chi connectivity index (χ1n) is 10.3. The summed E-state index contributed by atoms with van der Waals surface area (Å²) in [5.41, 5.74) is 5.26. The molecule has 0 spiro atoms. The van der Waals surface area contributed by atoms with Gasteiger partial charge in [-0.15, -0.1) is 0 Å². The zero-order chi connectivity index (χ0) is 22.1. The molecule has 0 aliphatic heterocycles. The number of carbonyl (C=O) groups excluding carboxylic acids is 1. The molecule has 1 aromatic rings. The largest absolute Gasteiger partial charge is 0.383 e. The van der Waals surface area contributed by atoms with Gasteiger partial charge in [-0.3, -0.25) is 19.1 Å². The van der Waals surface area contributed by atoms with Gasteiger partial charge < -0.3 is 20.7 Å². The van der Waals surface area contributed by atoms with Crippen LogP contribution in [0.3, 0.4) is 0 Å². The minimum absolute atomic E-state index is 0.0175. The van der Waals surface area contributed by atoms with E-state index in [0.717, 1.165) is 0 Å². The molecule has 0 unspecified atom stereocenters. The van der Waals surface area contributed by atoms with Gasteiger partial charge in [-0.1, -0.05) is 27.7 Å². The first-order chi connectivity index (χ1) is 13.5. The first kappa shape index (κ1) is 24.7. The topological polar surface area (TPSA) is 122 Å². The van der Waals surface area contributed by atoms with E-state index in [0.29, 0.717) is 32.7 Å². The predicted molar refractivity (Wildman–Crippen MR) is 116 cm³/mol. The van der Waals surface area contributed by atoms with Crippen LogP contribution in [0.15, 0.2) is 9.59 Å². The smallest absolute Gasteiger partial charge is 0.330 e. The number of aromatic amines is 1. The highest BCUT2D eigenvalue weighted by atomic mass is 16.5. The number of rotatable bonds is 12. The lowest BCUT2D eigenvalue weighted by Crippen LogP contribution is -2.44. The summed E-state index contributed by atoms with van der Waals surface area (Å²) >= 11 is 0. The summed E-state index contributed by atoms with van der Waals surface area (Å²) in [5.74, 6) is 0.233. The average molecular weight is 412 g/mol. The predicted octanol–water partition coefficient (Wildman–Crippen LogP) is 1.17. The molecule has 29 heavy (non-hydrogen) atoms. The van der Waals surface area contributed by atoms with Crippen LogP contribution in [-0.2, 0) is 16.1 Å². The number of carbonyl (C=O) groups is 1. The molecule has 1 amide bonds. The summed E-state index contributed by atoms with van der Waals surface area (Å²) in [6.07, 6.45) is 0.860. The summed E-state index contributed by atoms with van der Waals surface area (Å²) in [7, 11) is 0. The maximum atomic E-state index is 12.5. The fraction of sp³-hybridized carbons (Fsp3) is 0.750. The Balaban J connectivity index is 2.99. The van der Waals surface area contributed by atoms with Crippen molar-refractivity contribution in [3.8, 4) is 0 Å². The lowest BCUT2D eigenvalue weighted by atomic mass is 10.2. The SMILES string of the molecule is CC(C)CN(CC(=O)NCCCOC(C)C)c1c(N)n(CC(C)C)c(=O)[nH]c1=O. The fourth-order valence-corrected chi connectivity index (χ4v) is 2.95. The minimum Gasteiger partial charge on any atom is -0.383 e. The normalized spacial score (nSPS) is 11.5. The van der Waals surface area contributed by atoms with Crippen molar-refractivity contribution in [2.45, 2.75) is 60.6 Å². The number of ether oxygens (including phenoxy) is 1. The molecule has 0 aliphatic carbocycles. The van der Waals surface area contributed by atoms with Gasteiger partial charge in [0.05, 0.1) is 12.6 Å². The van der Waals surface area contributed by atoms with Crippen LogP contribution >= 0.6 is 0 Å². The van der Waals surface area contributed by atoms with Gasteiger partial charge in [0.2, 0.25) is 5.91 Å². The average Bonchev–Trinajstić information content (AvgIpc) is 2.57. The summed E-state index contributed by atoms with van der Waals surface area (Å²) in [6.45, 7) is 13.7. The molecule has 1 rings (SSSR count). The third-order valence-corrected chi connectivity index (χ3v) is 4.09. The van der Waals surface area contributed by atoms with Gasteiger partial charge in [-0.25, -0.2) is 4.79 Å². The second kappa shape index (κ2) is 11.6. The van der Waals surface area contributed by atoms with Crippen molar-refractivity contribution in [2.24, 2.45) is 11.8 Å². The molecule has 166 valence electrons. The van der Waals surface area contributed by atoms with Gasteiger partial charge in [0.15, 0.2) is 0 Å². The van der Waals surface area contributed by atoms with Gasteiger partial charge in [0.1, 0.15) is 11.5 Å². The number of amides is 1. The Morgan fingerprint density at radius 2 is 1.83 bits per heavy atom. The molecule has 0 aliphatic rings. The number of anilines is 2. The lowest BCUT2D eigenvalue weighted by molar-refractivity contribution is -0.119. The second-order valence-electron chi connectivity index (χ2n) is 8.39. The summed E-state index contributed by atoms with van der Waals surface area (Å²) < 4.78 is 6.82. The second-order valence-corrected chi connectivity index (χ2v) is 8.39. The zero-order valence-electron chi connectivity index (χ0n) is 18.6. The van der Waals surface area contributed by atoms with Crippen molar-refractivity contribution < 1.29 is 9.53 Å². The Labute approximate surface area is 172 Å². The van der Waals surface area contributed by atoms with Crippen LogP contribution in [0.2, 0.25) is 0 Å². The third kappa shape index (κ3) is 8.31. The summed E-state index contributed by atoms with van der Waals surface area (Å²) in [5, 5.41) is 2.84. The fourth-order valence-electron chi connectivity index (χ4n) is 2.95. The van der Waals surface area contributed by atoms with Crippen LogP contribution < -0.4 is 27.2 Å². The molecule has 0 bridgehead atoms. The zero-order valence-corrected chi connectivity index (χ0v) is 18.6. The molecule has 0 aromatic carbocycles. The van der Waals surface area contributed by atoms with Crippen molar-refractivity contribution in [2.75, 3.05) is 36.9 Å². The maximum Gasteiger partial charge on any atom is 0.330 e. The minimum atomic E-state index is -0.578. The van der Waals surface area contributed by atoms with Crippen molar-refractivity contribution >= 4 is 17.4 Å². The molecule has 9 nitrogen and oxygen atoms in total. The van der Waals surface area contributed by atoms with Crippen LogP contribution in [0.4, 0.5) is 11.5 Å². The number of hydrogen-bond donors (Lipinski definition) is 3. The van der Waals surface area contributed by atoms with Crippen molar-refractivity contribution in [1.82, 2.24) is 14.9 Å². The van der Waals surface area contributed by atoms with E-state index in [1.165, 1.54) is 4.57 Å². The van der Waals surface area contributed by atoms with Gasteiger partial charge in [0.25, 0.3) is 5.56 Å². The number of nitrogens with zero attached hydrogens (tertiary/aromatic N) is 2. The van der Waals surface area contributed by atoms with Crippen LogP contribution in [-0.4, -0.2) is 47.8 Å². The number of aromatic nitrogens is 2. The Kier molecular flexibility index (Phi) is 9.94. The summed E-state index contributed by atoms with van der Waals surface area (Å²) in [4.78, 5) is 41.1. The van der Waals surface area contributed by atoms with Crippen molar-refractivity contribution in [3.63, 3.8) is 0 Å². The van der Waals surface area contributed by atoms with Crippen LogP contribution in [0.25, 0.3) is 0 Å². The van der Waals surface area contributed by atoms with Crippen LogP contribution in [0.5, 0.6) is 0 Å². The highest BCUT2D eigenvalue weighted by Gasteiger charge is 2.22.